The number of piperazine rings is 1. The number of likely N-dealkylation sites (N-methyl/N-ethyl adjacent to an activating group) is 1. The van der Waals surface area contributed by atoms with Gasteiger partial charge in [0.15, 0.2) is 0 Å². The molecule has 1 aliphatic rings. The zero-order valence-corrected chi connectivity index (χ0v) is 15.2. The predicted molar refractivity (Wildman–Crippen MR) is 104 cm³/mol. The molecule has 0 aliphatic carbocycles. The van der Waals surface area contributed by atoms with E-state index in [9.17, 15) is 9.59 Å². The van der Waals surface area contributed by atoms with Crippen molar-refractivity contribution >= 4 is 29.1 Å². The molecule has 3 rings (SSSR count). The second kappa shape index (κ2) is 8.39. The second-order valence-corrected chi connectivity index (χ2v) is 6.41. The number of hydrogen-bond donors (Lipinski definition) is 2. The van der Waals surface area contributed by atoms with Crippen LogP contribution in [0.2, 0.25) is 0 Å². The van der Waals surface area contributed by atoms with Crippen LogP contribution in [0, 0.1) is 0 Å². The van der Waals surface area contributed by atoms with Gasteiger partial charge in [-0.25, -0.2) is 4.79 Å². The van der Waals surface area contributed by atoms with Gasteiger partial charge >= 0.3 is 12.0 Å². The molecule has 2 aromatic rings. The summed E-state index contributed by atoms with van der Waals surface area (Å²) in [4.78, 5) is 32.9. The summed E-state index contributed by atoms with van der Waals surface area (Å²) in [5.74, 6) is -0.888. The van der Waals surface area contributed by atoms with Gasteiger partial charge in [0, 0.05) is 62.7 Å². The number of carbonyl (C=O) groups is 2. The highest BCUT2D eigenvalue weighted by Crippen LogP contribution is 2.18. The highest BCUT2D eigenvalue weighted by molar-refractivity contribution is 5.89. The zero-order valence-electron chi connectivity index (χ0n) is 15.2. The predicted octanol–water partition coefficient (Wildman–Crippen LogP) is 1.96. The largest absolute Gasteiger partial charge is 0.480 e. The summed E-state index contributed by atoms with van der Waals surface area (Å²) in [7, 11) is 1.71. The normalized spacial score (nSPS) is 14.0. The number of pyridine rings is 1. The molecule has 8 nitrogen and oxygen atoms in total. The molecule has 27 heavy (non-hydrogen) atoms. The minimum atomic E-state index is -0.888. The number of carboxylic acids is 1. The molecule has 2 N–H and O–H groups in total. The van der Waals surface area contributed by atoms with E-state index in [1.165, 1.54) is 0 Å². The molecule has 1 saturated heterocycles. The smallest absolute Gasteiger partial charge is 0.323 e. The van der Waals surface area contributed by atoms with Crippen molar-refractivity contribution in [2.75, 3.05) is 54.9 Å². The Kier molecular flexibility index (Phi) is 5.75. The average molecular weight is 369 g/mol. The first-order valence-corrected chi connectivity index (χ1v) is 8.77. The Balaban J connectivity index is 1.51. The van der Waals surface area contributed by atoms with Crippen molar-refractivity contribution < 1.29 is 14.7 Å². The van der Waals surface area contributed by atoms with Crippen molar-refractivity contribution in [3.63, 3.8) is 0 Å². The van der Waals surface area contributed by atoms with Crippen LogP contribution in [0.15, 0.2) is 48.8 Å². The van der Waals surface area contributed by atoms with Gasteiger partial charge in [-0.1, -0.05) is 0 Å². The van der Waals surface area contributed by atoms with Gasteiger partial charge in [-0.05, 0) is 36.4 Å². The van der Waals surface area contributed by atoms with Crippen molar-refractivity contribution in [3.8, 4) is 0 Å². The van der Waals surface area contributed by atoms with E-state index < -0.39 is 5.97 Å². The molecule has 0 atom stereocenters. The van der Waals surface area contributed by atoms with Crippen molar-refractivity contribution in [2.45, 2.75) is 0 Å². The van der Waals surface area contributed by atoms with Crippen LogP contribution in [0.4, 0.5) is 21.9 Å². The Morgan fingerprint density at radius 2 is 1.70 bits per heavy atom. The number of benzene rings is 1. The number of carboxylic acid groups (broad SMARTS) is 1. The molecule has 1 fully saturated rings. The van der Waals surface area contributed by atoms with E-state index in [4.69, 9.17) is 5.11 Å². The van der Waals surface area contributed by atoms with E-state index in [1.807, 2.05) is 12.1 Å². The van der Waals surface area contributed by atoms with Gasteiger partial charge in [0.05, 0.1) is 0 Å². The van der Waals surface area contributed by atoms with Gasteiger partial charge < -0.3 is 25.1 Å². The lowest BCUT2D eigenvalue weighted by Crippen LogP contribution is -2.50. The molecule has 8 heteroatoms. The van der Waals surface area contributed by atoms with Gasteiger partial charge in [0.25, 0.3) is 0 Å². The van der Waals surface area contributed by atoms with Gasteiger partial charge in [0.1, 0.15) is 6.54 Å². The molecule has 0 bridgehead atoms. The molecule has 1 aliphatic heterocycles. The SMILES string of the molecule is CN(CC(=O)O)c1ccc(NC(=O)N2CCN(c3ccncc3)CC2)cc1. The quantitative estimate of drug-likeness (QED) is 0.838. The van der Waals surface area contributed by atoms with Crippen molar-refractivity contribution in [3.05, 3.63) is 48.8 Å². The molecular formula is C19H23N5O3. The maximum absolute atomic E-state index is 12.5. The van der Waals surface area contributed by atoms with Crippen molar-refractivity contribution in [2.24, 2.45) is 0 Å². The summed E-state index contributed by atoms with van der Waals surface area (Å²) < 4.78 is 0. The van der Waals surface area contributed by atoms with Crippen LogP contribution in [-0.2, 0) is 4.79 Å². The topological polar surface area (TPSA) is 89.0 Å². The number of rotatable bonds is 5. The average Bonchev–Trinajstić information content (AvgIpc) is 2.69. The van der Waals surface area contributed by atoms with Crippen molar-refractivity contribution in [1.82, 2.24) is 9.88 Å². The third-order valence-corrected chi connectivity index (χ3v) is 4.53. The summed E-state index contributed by atoms with van der Waals surface area (Å²) in [6.07, 6.45) is 3.54. The summed E-state index contributed by atoms with van der Waals surface area (Å²) in [5, 5.41) is 11.7. The highest BCUT2D eigenvalue weighted by atomic mass is 16.4. The molecule has 142 valence electrons. The van der Waals surface area contributed by atoms with E-state index >= 15 is 0 Å². The van der Waals surface area contributed by atoms with Gasteiger partial charge in [-0.3, -0.25) is 9.78 Å². The lowest BCUT2D eigenvalue weighted by molar-refractivity contribution is -0.135. The van der Waals surface area contributed by atoms with Crippen LogP contribution in [0.5, 0.6) is 0 Å². The fraction of sp³-hybridized carbons (Fsp3) is 0.316. The standard InChI is InChI=1S/C19H23N5O3/c1-22(14-18(25)26)16-4-2-15(3-5-16)21-19(27)24-12-10-23(11-13-24)17-6-8-20-9-7-17/h2-9H,10-14H2,1H3,(H,21,27)(H,25,26). The maximum Gasteiger partial charge on any atom is 0.323 e. The van der Waals surface area contributed by atoms with Gasteiger partial charge in [-0.2, -0.15) is 0 Å². The Morgan fingerprint density at radius 1 is 1.07 bits per heavy atom. The minimum absolute atomic E-state index is 0.0759. The number of aliphatic carboxylic acids is 1. The van der Waals surface area contributed by atoms with E-state index in [0.29, 0.717) is 18.8 Å². The molecule has 2 heterocycles. The van der Waals surface area contributed by atoms with E-state index in [-0.39, 0.29) is 12.6 Å². The van der Waals surface area contributed by atoms with Crippen LogP contribution in [-0.4, -0.2) is 66.8 Å². The Bertz CT molecular complexity index is 774. The molecule has 0 saturated carbocycles. The summed E-state index contributed by atoms with van der Waals surface area (Å²) in [5.41, 5.74) is 2.58. The summed E-state index contributed by atoms with van der Waals surface area (Å²) >= 11 is 0. The van der Waals surface area contributed by atoms with Crippen LogP contribution >= 0.6 is 0 Å². The number of hydrogen-bond acceptors (Lipinski definition) is 5. The maximum atomic E-state index is 12.5. The minimum Gasteiger partial charge on any atom is -0.480 e. The zero-order chi connectivity index (χ0) is 19.2. The number of nitrogens with one attached hydrogen (secondary N) is 1. The van der Waals surface area contributed by atoms with Crippen LogP contribution in [0.25, 0.3) is 0 Å². The first-order valence-electron chi connectivity index (χ1n) is 8.77. The Hall–Kier alpha value is -3.29. The first-order chi connectivity index (χ1) is 13.0. The molecule has 2 amide bonds. The second-order valence-electron chi connectivity index (χ2n) is 6.41. The number of urea groups is 1. The number of anilines is 3. The molecule has 1 aromatic heterocycles. The number of carbonyl (C=O) groups excluding carboxylic acids is 1. The Labute approximate surface area is 158 Å². The molecule has 0 radical (unpaired) electrons. The monoisotopic (exact) mass is 369 g/mol. The van der Waals surface area contributed by atoms with Crippen LogP contribution in [0.3, 0.4) is 0 Å². The van der Waals surface area contributed by atoms with Gasteiger partial charge in [0.2, 0.25) is 0 Å². The van der Waals surface area contributed by atoms with Crippen LogP contribution < -0.4 is 15.1 Å². The summed E-state index contributed by atoms with van der Waals surface area (Å²) in [6.45, 7) is 2.77. The third-order valence-electron chi connectivity index (χ3n) is 4.53. The number of aromatic nitrogens is 1. The fourth-order valence-corrected chi connectivity index (χ4v) is 3.02. The lowest BCUT2D eigenvalue weighted by atomic mass is 10.2. The Morgan fingerprint density at radius 3 is 2.30 bits per heavy atom. The van der Waals surface area contributed by atoms with Crippen LogP contribution in [0.1, 0.15) is 0 Å². The summed E-state index contributed by atoms with van der Waals surface area (Å²) in [6, 6.07) is 10.9. The van der Waals surface area contributed by atoms with E-state index in [0.717, 1.165) is 24.5 Å². The van der Waals surface area contributed by atoms with Gasteiger partial charge in [-0.15, -0.1) is 0 Å². The van der Waals surface area contributed by atoms with Crippen molar-refractivity contribution in [1.29, 1.82) is 0 Å². The third kappa shape index (κ3) is 4.87. The van der Waals surface area contributed by atoms with E-state index in [1.54, 1.807) is 53.5 Å². The number of amides is 2. The molecule has 0 unspecified atom stereocenters. The molecule has 0 spiro atoms. The molecular weight excluding hydrogens is 346 g/mol. The van der Waals surface area contributed by atoms with E-state index in [2.05, 4.69) is 15.2 Å². The number of nitrogens with zero attached hydrogens (tertiary/aromatic N) is 4. The lowest BCUT2D eigenvalue weighted by Gasteiger charge is -2.36. The molecule has 1 aromatic carbocycles. The highest BCUT2D eigenvalue weighted by Gasteiger charge is 2.21. The first kappa shape index (κ1) is 18.5. The fourth-order valence-electron chi connectivity index (χ4n) is 3.02.